The lowest BCUT2D eigenvalue weighted by atomic mass is 10.3. The average molecular weight is 200 g/mol. The van der Waals surface area contributed by atoms with Crippen LogP contribution in [0.4, 0.5) is 0 Å². The molecule has 1 atom stereocenters. The van der Waals surface area contributed by atoms with Crippen LogP contribution in [0.3, 0.4) is 0 Å². The van der Waals surface area contributed by atoms with E-state index in [9.17, 15) is 5.11 Å². The van der Waals surface area contributed by atoms with Crippen molar-refractivity contribution in [2.24, 2.45) is 0 Å². The van der Waals surface area contributed by atoms with E-state index in [0.29, 0.717) is 19.0 Å². The van der Waals surface area contributed by atoms with Gasteiger partial charge in [-0.25, -0.2) is 4.68 Å². The summed E-state index contributed by atoms with van der Waals surface area (Å²) < 4.78 is 6.81. The van der Waals surface area contributed by atoms with Gasteiger partial charge in [0, 0.05) is 0 Å². The molecular formula is C8H16N4O2. The summed E-state index contributed by atoms with van der Waals surface area (Å²) in [5.41, 5.74) is 0. The molecule has 0 aliphatic heterocycles. The molecule has 6 nitrogen and oxygen atoms in total. The van der Waals surface area contributed by atoms with Gasteiger partial charge in [-0.1, -0.05) is 0 Å². The molecule has 0 unspecified atom stereocenters. The van der Waals surface area contributed by atoms with Crippen LogP contribution in [0.5, 0.6) is 0 Å². The van der Waals surface area contributed by atoms with E-state index in [4.69, 9.17) is 4.74 Å². The van der Waals surface area contributed by atoms with Crippen LogP contribution in [0.25, 0.3) is 0 Å². The van der Waals surface area contributed by atoms with Crippen molar-refractivity contribution in [1.29, 1.82) is 0 Å². The zero-order chi connectivity index (χ0) is 10.6. The van der Waals surface area contributed by atoms with Crippen molar-refractivity contribution in [1.82, 2.24) is 20.2 Å². The Morgan fingerprint density at radius 3 is 2.71 bits per heavy atom. The van der Waals surface area contributed by atoms with Crippen LogP contribution in [0.1, 0.15) is 19.7 Å². The van der Waals surface area contributed by atoms with Crippen LogP contribution >= 0.6 is 0 Å². The van der Waals surface area contributed by atoms with Crippen LogP contribution in [-0.2, 0) is 11.3 Å². The highest BCUT2D eigenvalue weighted by atomic mass is 16.5. The molecule has 0 fully saturated rings. The first-order chi connectivity index (χ1) is 6.59. The smallest absolute Gasteiger partial charge is 0.148 e. The topological polar surface area (TPSA) is 73.1 Å². The number of rotatable bonds is 5. The number of ether oxygens (including phenoxy) is 1. The zero-order valence-electron chi connectivity index (χ0n) is 8.71. The number of aliphatic hydroxyl groups excluding tert-OH is 1. The normalized spacial score (nSPS) is 13.5. The Kier molecular flexibility index (Phi) is 3.97. The quantitative estimate of drug-likeness (QED) is 0.710. The Balaban J connectivity index is 2.34. The number of aryl methyl sites for hydroxylation is 1. The summed E-state index contributed by atoms with van der Waals surface area (Å²) in [6, 6.07) is 0. The molecule has 0 radical (unpaired) electrons. The van der Waals surface area contributed by atoms with Crippen molar-refractivity contribution < 1.29 is 9.84 Å². The lowest BCUT2D eigenvalue weighted by molar-refractivity contribution is -0.00245. The Morgan fingerprint density at radius 1 is 1.50 bits per heavy atom. The maximum absolute atomic E-state index is 9.55. The minimum atomic E-state index is -0.570. The van der Waals surface area contributed by atoms with Crippen LogP contribution in [-0.4, -0.2) is 44.1 Å². The van der Waals surface area contributed by atoms with Crippen molar-refractivity contribution in [3.8, 4) is 0 Å². The highest BCUT2D eigenvalue weighted by Crippen LogP contribution is 1.96. The van der Waals surface area contributed by atoms with Gasteiger partial charge in [-0.3, -0.25) is 0 Å². The van der Waals surface area contributed by atoms with Gasteiger partial charge in [0.15, 0.2) is 0 Å². The van der Waals surface area contributed by atoms with Crippen LogP contribution in [0.15, 0.2) is 0 Å². The molecule has 6 heteroatoms. The van der Waals surface area contributed by atoms with Crippen molar-refractivity contribution >= 4 is 0 Å². The second kappa shape index (κ2) is 5.02. The highest BCUT2D eigenvalue weighted by Gasteiger charge is 2.09. The number of aromatic nitrogens is 4. The predicted molar refractivity (Wildman–Crippen MR) is 49.6 cm³/mol. The van der Waals surface area contributed by atoms with Crippen molar-refractivity contribution in [2.75, 3.05) is 6.61 Å². The fourth-order valence-corrected chi connectivity index (χ4v) is 0.974. The highest BCUT2D eigenvalue weighted by molar-refractivity contribution is 4.74. The Hall–Kier alpha value is -1.01. The maximum Gasteiger partial charge on any atom is 0.148 e. The van der Waals surface area contributed by atoms with Crippen LogP contribution in [0.2, 0.25) is 0 Å². The molecule has 0 amide bonds. The van der Waals surface area contributed by atoms with Gasteiger partial charge < -0.3 is 9.84 Å². The number of hydrogen-bond donors (Lipinski definition) is 1. The summed E-state index contributed by atoms with van der Waals surface area (Å²) >= 11 is 0. The molecule has 1 rings (SSSR count). The largest absolute Gasteiger partial charge is 0.389 e. The summed E-state index contributed by atoms with van der Waals surface area (Å²) in [6.07, 6.45) is -0.445. The first kappa shape index (κ1) is 11.1. The van der Waals surface area contributed by atoms with Gasteiger partial charge in [-0.2, -0.15) is 0 Å². The van der Waals surface area contributed by atoms with E-state index < -0.39 is 6.10 Å². The summed E-state index contributed by atoms with van der Waals surface area (Å²) in [4.78, 5) is 0. The van der Waals surface area contributed by atoms with Gasteiger partial charge in [0.05, 0.1) is 25.4 Å². The molecule has 0 saturated heterocycles. The van der Waals surface area contributed by atoms with Gasteiger partial charge in [0.2, 0.25) is 0 Å². The lowest BCUT2D eigenvalue weighted by Crippen LogP contribution is -2.25. The third-order valence-corrected chi connectivity index (χ3v) is 1.72. The first-order valence-corrected chi connectivity index (χ1v) is 4.62. The van der Waals surface area contributed by atoms with Crippen molar-refractivity contribution in [2.45, 2.75) is 39.5 Å². The molecule has 1 heterocycles. The average Bonchev–Trinajstić information content (AvgIpc) is 2.49. The maximum atomic E-state index is 9.55. The molecule has 0 aliphatic rings. The number of hydrogen-bond acceptors (Lipinski definition) is 5. The Labute approximate surface area is 82.9 Å². The summed E-state index contributed by atoms with van der Waals surface area (Å²) in [5.74, 6) is 0.689. The molecule has 14 heavy (non-hydrogen) atoms. The monoisotopic (exact) mass is 200 g/mol. The molecule has 0 aliphatic carbocycles. The fourth-order valence-electron chi connectivity index (χ4n) is 0.974. The van der Waals surface area contributed by atoms with Crippen molar-refractivity contribution in [3.05, 3.63) is 5.82 Å². The third-order valence-electron chi connectivity index (χ3n) is 1.72. The molecule has 1 N–H and O–H groups in total. The van der Waals surface area contributed by atoms with Gasteiger partial charge in [-0.05, 0) is 31.2 Å². The van der Waals surface area contributed by atoms with Gasteiger partial charge >= 0.3 is 0 Å². The molecule has 1 aromatic heterocycles. The van der Waals surface area contributed by atoms with Crippen LogP contribution < -0.4 is 0 Å². The molecule has 1 aromatic rings. The van der Waals surface area contributed by atoms with Crippen molar-refractivity contribution in [3.63, 3.8) is 0 Å². The number of nitrogens with zero attached hydrogens (tertiary/aromatic N) is 4. The molecule has 0 spiro atoms. The van der Waals surface area contributed by atoms with E-state index in [1.807, 2.05) is 13.8 Å². The van der Waals surface area contributed by atoms with Gasteiger partial charge in [0.1, 0.15) is 5.82 Å². The fraction of sp³-hybridized carbons (Fsp3) is 0.875. The molecule has 80 valence electrons. The van der Waals surface area contributed by atoms with Gasteiger partial charge in [-0.15, -0.1) is 5.10 Å². The Morgan fingerprint density at radius 2 is 2.21 bits per heavy atom. The number of aliphatic hydroxyl groups is 1. The zero-order valence-corrected chi connectivity index (χ0v) is 8.71. The first-order valence-electron chi connectivity index (χ1n) is 4.62. The second-order valence-corrected chi connectivity index (χ2v) is 3.44. The third kappa shape index (κ3) is 3.39. The summed E-state index contributed by atoms with van der Waals surface area (Å²) in [7, 11) is 0. The van der Waals surface area contributed by atoms with E-state index in [0.717, 1.165) is 0 Å². The van der Waals surface area contributed by atoms with Crippen LogP contribution in [0, 0.1) is 6.92 Å². The van der Waals surface area contributed by atoms with E-state index in [-0.39, 0.29) is 6.10 Å². The Bertz CT molecular complexity index is 274. The minimum absolute atomic E-state index is 0.125. The number of tetrazole rings is 1. The summed E-state index contributed by atoms with van der Waals surface area (Å²) in [6.45, 7) is 6.31. The second-order valence-electron chi connectivity index (χ2n) is 3.44. The minimum Gasteiger partial charge on any atom is -0.389 e. The molecular weight excluding hydrogens is 184 g/mol. The standard InChI is InChI=1S/C8H16N4O2/c1-6(2)14-5-8(13)4-12-7(3)9-10-11-12/h6,8,13H,4-5H2,1-3H3/t8-/m0/s1. The molecule has 0 saturated carbocycles. The van der Waals surface area contributed by atoms with Gasteiger partial charge in [0.25, 0.3) is 0 Å². The van der Waals surface area contributed by atoms with E-state index >= 15 is 0 Å². The van der Waals surface area contributed by atoms with E-state index in [2.05, 4.69) is 15.5 Å². The predicted octanol–water partition coefficient (Wildman–Crippen LogP) is -0.233. The molecule has 0 aromatic carbocycles. The van der Waals surface area contributed by atoms with E-state index in [1.165, 1.54) is 0 Å². The lowest BCUT2D eigenvalue weighted by Gasteiger charge is -2.13. The summed E-state index contributed by atoms with van der Waals surface area (Å²) in [5, 5.41) is 20.5. The SMILES string of the molecule is Cc1nnnn1C[C@H](O)COC(C)C. The molecule has 0 bridgehead atoms. The van der Waals surface area contributed by atoms with E-state index in [1.54, 1.807) is 11.6 Å².